The van der Waals surface area contributed by atoms with Gasteiger partial charge in [-0.1, -0.05) is 6.92 Å². The van der Waals surface area contributed by atoms with E-state index in [1.54, 1.807) is 6.33 Å². The average Bonchev–Trinajstić information content (AvgIpc) is 2.79. The third kappa shape index (κ3) is 2.84. The van der Waals surface area contributed by atoms with Gasteiger partial charge in [0.2, 0.25) is 0 Å². The quantitative estimate of drug-likeness (QED) is 0.844. The molecule has 1 aromatic heterocycles. The summed E-state index contributed by atoms with van der Waals surface area (Å²) in [5.74, 6) is 1.08. The molecule has 1 aliphatic rings. The number of hydrogen-bond donors (Lipinski definition) is 1. The molecule has 0 aromatic carbocycles. The molecule has 2 unspecified atom stereocenters. The van der Waals surface area contributed by atoms with Crippen molar-refractivity contribution in [2.45, 2.75) is 52.4 Å². The monoisotopic (exact) mass is 237 g/mol. The maximum absolute atomic E-state index is 4.36. The highest BCUT2D eigenvalue weighted by Crippen LogP contribution is 2.12. The summed E-state index contributed by atoms with van der Waals surface area (Å²) in [5.41, 5.74) is 0. The lowest BCUT2D eigenvalue weighted by molar-refractivity contribution is 0.126. The van der Waals surface area contributed by atoms with Crippen molar-refractivity contribution >= 4 is 0 Å². The van der Waals surface area contributed by atoms with Crippen LogP contribution >= 0.6 is 0 Å². The minimum absolute atomic E-state index is 0.569. The van der Waals surface area contributed by atoms with E-state index in [0.717, 1.165) is 32.0 Å². The highest BCUT2D eigenvalue weighted by Gasteiger charge is 2.24. The summed E-state index contributed by atoms with van der Waals surface area (Å²) >= 11 is 0. The molecular formula is C12H23N5. The first-order valence-corrected chi connectivity index (χ1v) is 6.58. The number of rotatable bonds is 4. The van der Waals surface area contributed by atoms with Crippen LogP contribution in [0.15, 0.2) is 6.33 Å². The standard InChI is InChI=1S/C12H23N5/c1-4-11-7-16(10(3)6-13-11)8-12-14-9-15-17(12)5-2/h9-11,13H,4-8H2,1-3H3. The number of aryl methyl sites for hydroxylation is 1. The van der Waals surface area contributed by atoms with Crippen molar-refractivity contribution in [3.05, 3.63) is 12.2 Å². The Labute approximate surface area is 103 Å². The zero-order chi connectivity index (χ0) is 12.3. The lowest BCUT2D eigenvalue weighted by Gasteiger charge is -2.38. The van der Waals surface area contributed by atoms with Crippen molar-refractivity contribution in [3.8, 4) is 0 Å². The second-order valence-electron chi connectivity index (χ2n) is 4.78. The number of piperazine rings is 1. The Balaban J connectivity index is 2.01. The maximum Gasteiger partial charge on any atom is 0.141 e. The van der Waals surface area contributed by atoms with Gasteiger partial charge in [-0.15, -0.1) is 0 Å². The van der Waals surface area contributed by atoms with Gasteiger partial charge in [0.05, 0.1) is 6.54 Å². The molecule has 0 spiro atoms. The molecule has 1 saturated heterocycles. The fraction of sp³-hybridized carbons (Fsp3) is 0.833. The summed E-state index contributed by atoms with van der Waals surface area (Å²) in [6, 6.07) is 1.18. The van der Waals surface area contributed by atoms with Crippen molar-refractivity contribution in [1.82, 2.24) is 25.0 Å². The number of aromatic nitrogens is 3. The van der Waals surface area contributed by atoms with Gasteiger partial charge in [0, 0.05) is 31.7 Å². The molecule has 2 heterocycles. The van der Waals surface area contributed by atoms with Crippen LogP contribution in [-0.4, -0.2) is 44.8 Å². The van der Waals surface area contributed by atoms with Gasteiger partial charge in [0.15, 0.2) is 0 Å². The molecule has 0 saturated carbocycles. The lowest BCUT2D eigenvalue weighted by atomic mass is 10.1. The molecule has 1 fully saturated rings. The van der Waals surface area contributed by atoms with Crippen molar-refractivity contribution < 1.29 is 0 Å². The van der Waals surface area contributed by atoms with Crippen LogP contribution in [0.4, 0.5) is 0 Å². The molecule has 5 heteroatoms. The van der Waals surface area contributed by atoms with Gasteiger partial charge in [-0.25, -0.2) is 9.67 Å². The van der Waals surface area contributed by atoms with Crippen LogP contribution in [0.5, 0.6) is 0 Å². The first kappa shape index (κ1) is 12.5. The summed E-state index contributed by atoms with van der Waals surface area (Å²) < 4.78 is 1.98. The van der Waals surface area contributed by atoms with E-state index in [1.807, 2.05) is 4.68 Å². The largest absolute Gasteiger partial charge is 0.311 e. The van der Waals surface area contributed by atoms with Gasteiger partial charge in [-0.3, -0.25) is 4.90 Å². The Morgan fingerprint density at radius 3 is 3.00 bits per heavy atom. The molecule has 5 nitrogen and oxygen atoms in total. The molecule has 1 N–H and O–H groups in total. The third-order valence-corrected chi connectivity index (χ3v) is 3.61. The molecule has 1 aromatic rings. The average molecular weight is 237 g/mol. The van der Waals surface area contributed by atoms with Crippen molar-refractivity contribution in [1.29, 1.82) is 0 Å². The molecule has 1 aliphatic heterocycles. The Morgan fingerprint density at radius 2 is 2.29 bits per heavy atom. The Hall–Kier alpha value is -0.940. The molecular weight excluding hydrogens is 214 g/mol. The van der Waals surface area contributed by atoms with Crippen LogP contribution in [-0.2, 0) is 13.1 Å². The second-order valence-corrected chi connectivity index (χ2v) is 4.78. The van der Waals surface area contributed by atoms with Crippen molar-refractivity contribution in [2.75, 3.05) is 13.1 Å². The van der Waals surface area contributed by atoms with Crippen LogP contribution in [0.3, 0.4) is 0 Å². The van der Waals surface area contributed by atoms with Gasteiger partial charge >= 0.3 is 0 Å². The van der Waals surface area contributed by atoms with Gasteiger partial charge in [-0.2, -0.15) is 5.10 Å². The maximum atomic E-state index is 4.36. The van der Waals surface area contributed by atoms with Gasteiger partial charge < -0.3 is 5.32 Å². The van der Waals surface area contributed by atoms with Crippen molar-refractivity contribution in [2.24, 2.45) is 0 Å². The number of hydrogen-bond acceptors (Lipinski definition) is 4. The highest BCUT2D eigenvalue weighted by atomic mass is 15.4. The summed E-state index contributed by atoms with van der Waals surface area (Å²) in [6.07, 6.45) is 2.84. The zero-order valence-electron chi connectivity index (χ0n) is 11.1. The lowest BCUT2D eigenvalue weighted by Crippen LogP contribution is -2.54. The van der Waals surface area contributed by atoms with E-state index in [-0.39, 0.29) is 0 Å². The summed E-state index contributed by atoms with van der Waals surface area (Å²) in [5, 5.41) is 7.80. The molecule has 2 atom stereocenters. The molecule has 0 amide bonds. The first-order chi connectivity index (χ1) is 8.24. The minimum Gasteiger partial charge on any atom is -0.311 e. The summed E-state index contributed by atoms with van der Waals surface area (Å²) in [4.78, 5) is 6.86. The third-order valence-electron chi connectivity index (χ3n) is 3.61. The molecule has 96 valence electrons. The fourth-order valence-corrected chi connectivity index (χ4v) is 2.34. The van der Waals surface area contributed by atoms with E-state index in [4.69, 9.17) is 0 Å². The van der Waals surface area contributed by atoms with Crippen LogP contribution < -0.4 is 5.32 Å². The topological polar surface area (TPSA) is 46.0 Å². The normalized spacial score (nSPS) is 26.3. The van der Waals surface area contributed by atoms with Crippen molar-refractivity contribution in [3.63, 3.8) is 0 Å². The van der Waals surface area contributed by atoms with Crippen LogP contribution in [0.1, 0.15) is 33.0 Å². The SMILES string of the molecule is CCC1CN(Cc2ncnn2CC)C(C)CN1. The van der Waals surface area contributed by atoms with Crippen LogP contribution in [0, 0.1) is 0 Å². The van der Waals surface area contributed by atoms with Gasteiger partial charge in [0.1, 0.15) is 12.2 Å². The Morgan fingerprint density at radius 1 is 1.47 bits per heavy atom. The Bertz CT molecular complexity index is 348. The van der Waals surface area contributed by atoms with Gasteiger partial charge in [-0.05, 0) is 20.3 Å². The zero-order valence-corrected chi connectivity index (χ0v) is 11.1. The second kappa shape index (κ2) is 5.60. The van der Waals surface area contributed by atoms with E-state index in [9.17, 15) is 0 Å². The molecule has 2 rings (SSSR count). The van der Waals surface area contributed by atoms with E-state index in [2.05, 4.69) is 41.1 Å². The predicted octanol–water partition coefficient (Wildman–Crippen LogP) is 0.870. The van der Waals surface area contributed by atoms with Crippen LogP contribution in [0.25, 0.3) is 0 Å². The first-order valence-electron chi connectivity index (χ1n) is 6.58. The predicted molar refractivity (Wildman–Crippen MR) is 67.6 cm³/mol. The Kier molecular flexibility index (Phi) is 4.12. The molecule has 0 aliphatic carbocycles. The van der Waals surface area contributed by atoms with Gasteiger partial charge in [0.25, 0.3) is 0 Å². The van der Waals surface area contributed by atoms with Crippen LogP contribution in [0.2, 0.25) is 0 Å². The molecule has 17 heavy (non-hydrogen) atoms. The summed E-state index contributed by atoms with van der Waals surface area (Å²) in [7, 11) is 0. The number of nitrogens with one attached hydrogen (secondary N) is 1. The highest BCUT2D eigenvalue weighted by molar-refractivity contribution is 4.90. The van der Waals surface area contributed by atoms with E-state index in [1.165, 1.54) is 6.42 Å². The minimum atomic E-state index is 0.569. The smallest absolute Gasteiger partial charge is 0.141 e. The number of nitrogens with zero attached hydrogens (tertiary/aromatic N) is 4. The molecule has 0 radical (unpaired) electrons. The van der Waals surface area contributed by atoms with E-state index < -0.39 is 0 Å². The van der Waals surface area contributed by atoms with E-state index >= 15 is 0 Å². The fourth-order valence-electron chi connectivity index (χ4n) is 2.34. The summed E-state index contributed by atoms with van der Waals surface area (Å²) in [6.45, 7) is 10.6. The van der Waals surface area contributed by atoms with E-state index in [0.29, 0.717) is 12.1 Å². The molecule has 0 bridgehead atoms.